The second kappa shape index (κ2) is 8.83. The van der Waals surface area contributed by atoms with Gasteiger partial charge in [0.25, 0.3) is 0 Å². The van der Waals surface area contributed by atoms with Gasteiger partial charge in [0.15, 0.2) is 6.29 Å². The van der Waals surface area contributed by atoms with Crippen LogP contribution in [0, 0.1) is 5.92 Å². The van der Waals surface area contributed by atoms with Crippen molar-refractivity contribution in [2.75, 3.05) is 32.9 Å². The molecule has 2 aliphatic rings. The predicted molar refractivity (Wildman–Crippen MR) is 93.9 cm³/mol. The van der Waals surface area contributed by atoms with E-state index in [1.165, 1.54) is 0 Å². The van der Waals surface area contributed by atoms with Crippen LogP contribution in [0.4, 0.5) is 0 Å². The van der Waals surface area contributed by atoms with Gasteiger partial charge in [-0.1, -0.05) is 12.1 Å². The normalized spacial score (nSPS) is 19.6. The highest BCUT2D eigenvalue weighted by molar-refractivity contribution is 9.10. The number of carbonyl (C=O) groups excluding carboxylic acids is 1. The topological polar surface area (TPSA) is 48.0 Å². The minimum Gasteiger partial charge on any atom is -0.492 e. The van der Waals surface area contributed by atoms with Gasteiger partial charge >= 0.3 is 0 Å². The van der Waals surface area contributed by atoms with E-state index in [1.807, 2.05) is 29.2 Å². The Balaban J connectivity index is 1.33. The molecule has 3 rings (SSSR count). The van der Waals surface area contributed by atoms with Gasteiger partial charge in [0.05, 0.1) is 24.3 Å². The minimum absolute atomic E-state index is 0.0556. The van der Waals surface area contributed by atoms with E-state index in [0.29, 0.717) is 32.2 Å². The third kappa shape index (κ3) is 4.71. The minimum atomic E-state index is -0.0556. The van der Waals surface area contributed by atoms with E-state index in [0.717, 1.165) is 42.6 Å². The molecular weight excluding hydrogens is 374 g/mol. The number of carbonyl (C=O) groups is 1. The Morgan fingerprint density at radius 3 is 2.62 bits per heavy atom. The van der Waals surface area contributed by atoms with Crippen molar-refractivity contribution >= 4 is 21.8 Å². The van der Waals surface area contributed by atoms with Crippen LogP contribution < -0.4 is 4.74 Å². The lowest BCUT2D eigenvalue weighted by Crippen LogP contribution is -2.41. The molecule has 2 fully saturated rings. The van der Waals surface area contributed by atoms with Crippen LogP contribution in [0.3, 0.4) is 0 Å². The van der Waals surface area contributed by atoms with E-state index < -0.39 is 0 Å². The van der Waals surface area contributed by atoms with Gasteiger partial charge in [-0.2, -0.15) is 0 Å². The maximum Gasteiger partial charge on any atom is 0.222 e. The molecule has 1 aromatic rings. The van der Waals surface area contributed by atoms with Crippen molar-refractivity contribution in [3.63, 3.8) is 0 Å². The fraction of sp³-hybridized carbons (Fsp3) is 0.611. The van der Waals surface area contributed by atoms with E-state index in [4.69, 9.17) is 14.2 Å². The van der Waals surface area contributed by atoms with Crippen LogP contribution in [0.1, 0.15) is 25.7 Å². The lowest BCUT2D eigenvalue weighted by molar-refractivity contribution is -0.137. The molecule has 2 saturated heterocycles. The van der Waals surface area contributed by atoms with Crippen molar-refractivity contribution in [2.24, 2.45) is 5.92 Å². The molecule has 5 nitrogen and oxygen atoms in total. The van der Waals surface area contributed by atoms with Crippen LogP contribution in [0.25, 0.3) is 0 Å². The molecule has 0 aliphatic carbocycles. The zero-order valence-corrected chi connectivity index (χ0v) is 15.4. The first-order valence-electron chi connectivity index (χ1n) is 8.62. The molecule has 0 unspecified atom stereocenters. The standard InChI is InChI=1S/C18H24BrNO4/c19-15-4-1-2-5-16(15)22-11-3-6-17(21)20-9-7-14(8-10-20)18-23-12-13-24-18/h1-2,4-5,14,18H,3,6-13H2. The van der Waals surface area contributed by atoms with Crippen molar-refractivity contribution in [3.05, 3.63) is 28.7 Å². The summed E-state index contributed by atoms with van der Waals surface area (Å²) in [5.74, 6) is 1.47. The Morgan fingerprint density at radius 1 is 1.21 bits per heavy atom. The van der Waals surface area contributed by atoms with Crippen molar-refractivity contribution < 1.29 is 19.0 Å². The maximum absolute atomic E-state index is 12.3. The summed E-state index contributed by atoms with van der Waals surface area (Å²) >= 11 is 3.45. The zero-order chi connectivity index (χ0) is 16.8. The number of hydrogen-bond acceptors (Lipinski definition) is 4. The molecule has 1 amide bonds. The van der Waals surface area contributed by atoms with Crippen LogP contribution in [0.15, 0.2) is 28.7 Å². The molecule has 132 valence electrons. The van der Waals surface area contributed by atoms with E-state index >= 15 is 0 Å². The van der Waals surface area contributed by atoms with Gasteiger partial charge in [0, 0.05) is 25.4 Å². The number of nitrogens with zero attached hydrogens (tertiary/aromatic N) is 1. The van der Waals surface area contributed by atoms with Gasteiger partial charge in [0.1, 0.15) is 5.75 Å². The molecule has 0 bridgehead atoms. The van der Waals surface area contributed by atoms with Gasteiger partial charge < -0.3 is 19.1 Å². The molecular formula is C18H24BrNO4. The SMILES string of the molecule is O=C(CCCOc1ccccc1Br)N1CCC(C2OCCO2)CC1. The van der Waals surface area contributed by atoms with Crippen LogP contribution in [-0.4, -0.2) is 50.0 Å². The lowest BCUT2D eigenvalue weighted by atomic mass is 9.96. The third-order valence-electron chi connectivity index (χ3n) is 4.55. The second-order valence-corrected chi connectivity index (χ2v) is 7.06. The molecule has 0 N–H and O–H groups in total. The average Bonchev–Trinajstić information content (AvgIpc) is 3.15. The summed E-state index contributed by atoms with van der Waals surface area (Å²) in [5.41, 5.74) is 0. The van der Waals surface area contributed by atoms with Gasteiger partial charge in [-0.25, -0.2) is 0 Å². The summed E-state index contributed by atoms with van der Waals surface area (Å²) in [6, 6.07) is 7.76. The average molecular weight is 398 g/mol. The third-order valence-corrected chi connectivity index (χ3v) is 5.21. The van der Waals surface area contributed by atoms with Crippen molar-refractivity contribution in [2.45, 2.75) is 32.0 Å². The monoisotopic (exact) mass is 397 g/mol. The van der Waals surface area contributed by atoms with Crippen LogP contribution >= 0.6 is 15.9 Å². The molecule has 0 atom stereocenters. The number of rotatable bonds is 6. The summed E-state index contributed by atoms with van der Waals surface area (Å²) in [7, 11) is 0. The Labute approximate surface area is 151 Å². The van der Waals surface area contributed by atoms with Crippen molar-refractivity contribution in [3.8, 4) is 5.75 Å². The largest absolute Gasteiger partial charge is 0.492 e. The maximum atomic E-state index is 12.3. The zero-order valence-electron chi connectivity index (χ0n) is 13.8. The van der Waals surface area contributed by atoms with Gasteiger partial charge in [0.2, 0.25) is 5.91 Å². The lowest BCUT2D eigenvalue weighted by Gasteiger charge is -2.33. The predicted octanol–water partition coefficient (Wildman–Crippen LogP) is 3.22. The Morgan fingerprint density at radius 2 is 1.92 bits per heavy atom. The molecule has 0 spiro atoms. The van der Waals surface area contributed by atoms with E-state index in [9.17, 15) is 4.79 Å². The van der Waals surface area contributed by atoms with E-state index in [2.05, 4.69) is 15.9 Å². The number of halogens is 1. The second-order valence-electron chi connectivity index (χ2n) is 6.21. The van der Waals surface area contributed by atoms with E-state index in [-0.39, 0.29) is 12.2 Å². The first-order valence-corrected chi connectivity index (χ1v) is 9.41. The molecule has 0 radical (unpaired) electrons. The van der Waals surface area contributed by atoms with Crippen LogP contribution in [-0.2, 0) is 14.3 Å². The van der Waals surface area contributed by atoms with Crippen LogP contribution in [0.2, 0.25) is 0 Å². The molecule has 6 heteroatoms. The fourth-order valence-electron chi connectivity index (χ4n) is 3.20. The quantitative estimate of drug-likeness (QED) is 0.691. The molecule has 24 heavy (non-hydrogen) atoms. The highest BCUT2D eigenvalue weighted by atomic mass is 79.9. The molecule has 2 heterocycles. The number of ether oxygens (including phenoxy) is 3. The van der Waals surface area contributed by atoms with Gasteiger partial charge in [-0.15, -0.1) is 0 Å². The molecule has 0 saturated carbocycles. The van der Waals surface area contributed by atoms with Gasteiger partial charge in [-0.05, 0) is 47.3 Å². The first-order chi connectivity index (χ1) is 11.7. The van der Waals surface area contributed by atoms with Crippen LogP contribution in [0.5, 0.6) is 5.75 Å². The summed E-state index contributed by atoms with van der Waals surface area (Å²) in [5, 5.41) is 0. The molecule has 1 aromatic carbocycles. The first kappa shape index (κ1) is 17.7. The summed E-state index contributed by atoms with van der Waals surface area (Å²) < 4.78 is 17.8. The number of likely N-dealkylation sites (tertiary alicyclic amines) is 1. The number of piperidine rings is 1. The summed E-state index contributed by atoms with van der Waals surface area (Å²) in [4.78, 5) is 14.3. The van der Waals surface area contributed by atoms with E-state index in [1.54, 1.807) is 0 Å². The Kier molecular flexibility index (Phi) is 6.51. The molecule has 0 aromatic heterocycles. The van der Waals surface area contributed by atoms with Gasteiger partial charge in [-0.3, -0.25) is 4.79 Å². The smallest absolute Gasteiger partial charge is 0.222 e. The molecule has 2 aliphatic heterocycles. The highest BCUT2D eigenvalue weighted by Gasteiger charge is 2.31. The highest BCUT2D eigenvalue weighted by Crippen LogP contribution is 2.26. The van der Waals surface area contributed by atoms with Crippen molar-refractivity contribution in [1.29, 1.82) is 0 Å². The fourth-order valence-corrected chi connectivity index (χ4v) is 3.59. The Hall–Kier alpha value is -1.11. The number of benzene rings is 1. The van der Waals surface area contributed by atoms with Crippen molar-refractivity contribution in [1.82, 2.24) is 4.90 Å². The summed E-state index contributed by atoms with van der Waals surface area (Å²) in [6.45, 7) is 3.55. The number of hydrogen-bond donors (Lipinski definition) is 0. The Bertz CT molecular complexity index is 540. The number of para-hydroxylation sites is 1. The number of amides is 1. The summed E-state index contributed by atoms with van der Waals surface area (Å²) in [6.07, 6.45) is 3.13.